The van der Waals surface area contributed by atoms with Gasteiger partial charge in [-0.1, -0.05) is 74.5 Å². The van der Waals surface area contributed by atoms with Crippen LogP contribution >= 0.6 is 0 Å². The molecule has 0 radical (unpaired) electrons. The van der Waals surface area contributed by atoms with Crippen LogP contribution in [0.2, 0.25) is 0 Å². The first-order chi connectivity index (χ1) is 42.1. The summed E-state index contributed by atoms with van der Waals surface area (Å²) in [5.41, 5.74) is 19.7. The number of likely N-dealkylation sites (tertiary alicyclic amines) is 1. The molecule has 11 atom stereocenters. The van der Waals surface area contributed by atoms with E-state index in [-0.39, 0.29) is 75.7 Å². The van der Waals surface area contributed by atoms with E-state index in [1.54, 1.807) is 50.4 Å². The maximum Gasteiger partial charge on any atom is 0.246 e. The average molecular weight is 1240 g/mol. The quantitative estimate of drug-likeness (QED) is 0.0131. The zero-order chi connectivity index (χ0) is 65.6. The fraction of sp³-hybridized carbons (Fsp3) is 0.467. The number of hydrogen-bond acceptors (Lipinski definition) is 15. The van der Waals surface area contributed by atoms with Crippen LogP contribution in [0.5, 0.6) is 5.75 Å². The molecule has 29 heteroatoms. The molecule has 0 bridgehead atoms. The second kappa shape index (κ2) is 33.5. The van der Waals surface area contributed by atoms with E-state index >= 15 is 0 Å². The molecular weight excluding hydrogens is 1150 g/mol. The SMILES string of the molecule is CN=C(N)NCCC[C@H](NC(=O)[C@H](CC(C)C)NC(=O)[C@H](C)NC(=O)[C@H](Cc1ccccc1)NC(=O)[C@@H](NC(=O)[C@H](CC(N)=O)NC(=O)[C@@H]1C[C@@H](O)CN1C(=O)[C@@H](Cc1ccc(O)cc1)NC(C)=O)[C@@H](C)O)C(=O)N[C@@H](Cc1c[nH]c2ccccc12)C(N)=O. The first-order valence-electron chi connectivity index (χ1n) is 29.1. The molecule has 3 aromatic carbocycles. The number of benzene rings is 3. The van der Waals surface area contributed by atoms with Gasteiger partial charge in [0, 0.05) is 69.8 Å². The monoisotopic (exact) mass is 1240 g/mol. The Bertz CT molecular complexity index is 3180. The van der Waals surface area contributed by atoms with Gasteiger partial charge in [-0.25, -0.2) is 0 Å². The molecule has 2 heterocycles. The van der Waals surface area contributed by atoms with Crippen molar-refractivity contribution in [2.24, 2.45) is 28.1 Å². The number of nitrogens with zero attached hydrogens (tertiary/aromatic N) is 2. The summed E-state index contributed by atoms with van der Waals surface area (Å²) in [6.07, 6.45) is -2.33. The minimum Gasteiger partial charge on any atom is -0.508 e. The number of guanidine groups is 1. The molecule has 89 heavy (non-hydrogen) atoms. The molecule has 4 aromatic rings. The summed E-state index contributed by atoms with van der Waals surface area (Å²) in [7, 11) is 1.48. The Kier molecular flexibility index (Phi) is 26.4. The number of aromatic hydroxyl groups is 1. The number of β-amino-alcohol motifs (C(OH)–C–C–N with tert-alkyl or cyclic N) is 1. The highest BCUT2D eigenvalue weighted by atomic mass is 16.3. The summed E-state index contributed by atoms with van der Waals surface area (Å²) < 4.78 is 0. The Hall–Kier alpha value is -9.64. The number of aromatic nitrogens is 1. The van der Waals surface area contributed by atoms with Gasteiger partial charge in [0.1, 0.15) is 60.1 Å². The smallest absolute Gasteiger partial charge is 0.246 e. The van der Waals surface area contributed by atoms with Crippen molar-refractivity contribution in [2.45, 2.75) is 153 Å². The van der Waals surface area contributed by atoms with Gasteiger partial charge in [-0.15, -0.1) is 0 Å². The van der Waals surface area contributed by atoms with Crippen LogP contribution < -0.4 is 65.1 Å². The van der Waals surface area contributed by atoms with Crippen LogP contribution in [0.15, 0.2) is 90.1 Å². The van der Waals surface area contributed by atoms with Crippen LogP contribution in [0.3, 0.4) is 0 Å². The predicted molar refractivity (Wildman–Crippen MR) is 326 cm³/mol. The number of phenolic OH excluding ortho intramolecular Hbond substituents is 1. The molecule has 1 aliphatic rings. The van der Waals surface area contributed by atoms with Crippen LogP contribution in [0, 0.1) is 5.92 Å². The van der Waals surface area contributed by atoms with Gasteiger partial charge >= 0.3 is 0 Å². The molecule has 1 fully saturated rings. The van der Waals surface area contributed by atoms with E-state index in [9.17, 15) is 68.1 Å². The van der Waals surface area contributed by atoms with Crippen LogP contribution in [0.4, 0.5) is 0 Å². The second-order valence-corrected chi connectivity index (χ2v) is 22.4. The Morgan fingerprint density at radius 2 is 1.24 bits per heavy atom. The summed E-state index contributed by atoms with van der Waals surface area (Å²) >= 11 is 0. The molecule has 1 aromatic heterocycles. The maximum atomic E-state index is 14.3. The lowest BCUT2D eigenvalue weighted by atomic mass is 10.0. The van der Waals surface area contributed by atoms with Gasteiger partial charge in [0.25, 0.3) is 0 Å². The average Bonchev–Trinajstić information content (AvgIpc) is 2.91. The molecule has 19 N–H and O–H groups in total. The Morgan fingerprint density at radius 1 is 0.652 bits per heavy atom. The lowest BCUT2D eigenvalue weighted by molar-refractivity contribution is -0.142. The summed E-state index contributed by atoms with van der Waals surface area (Å²) in [6, 6.07) is 8.42. The molecular formula is C60H83N15O14. The number of H-pyrrole nitrogens is 1. The summed E-state index contributed by atoms with van der Waals surface area (Å²) in [5.74, 6) is -10.1. The van der Waals surface area contributed by atoms with Crippen molar-refractivity contribution in [3.05, 3.63) is 102 Å². The van der Waals surface area contributed by atoms with E-state index in [4.69, 9.17) is 17.2 Å². The van der Waals surface area contributed by atoms with E-state index in [0.29, 0.717) is 16.7 Å². The summed E-state index contributed by atoms with van der Waals surface area (Å²) in [6.45, 7) is 7.09. The number of carbonyl (C=O) groups is 11. The van der Waals surface area contributed by atoms with Crippen molar-refractivity contribution < 1.29 is 68.1 Å². The largest absolute Gasteiger partial charge is 0.508 e. The van der Waals surface area contributed by atoms with Crippen LogP contribution in [0.1, 0.15) is 83.4 Å². The first-order valence-corrected chi connectivity index (χ1v) is 29.1. The van der Waals surface area contributed by atoms with Crippen LogP contribution in [-0.4, -0.2) is 183 Å². The van der Waals surface area contributed by atoms with E-state index in [1.807, 2.05) is 24.3 Å². The number of para-hydroxylation sites is 1. The number of nitrogens with one attached hydrogen (secondary N) is 10. The predicted octanol–water partition coefficient (Wildman–Crippen LogP) is -3.12. The van der Waals surface area contributed by atoms with E-state index in [1.165, 1.54) is 45.2 Å². The number of aliphatic imine (C=N–C) groups is 1. The number of amides is 11. The first kappa shape index (κ1) is 70.1. The number of phenols is 1. The number of aromatic amines is 1. The molecule has 29 nitrogen and oxygen atoms in total. The minimum absolute atomic E-state index is 0.0242. The van der Waals surface area contributed by atoms with Crippen molar-refractivity contribution in [2.75, 3.05) is 20.1 Å². The van der Waals surface area contributed by atoms with Gasteiger partial charge in [-0.3, -0.25) is 57.7 Å². The molecule has 5 rings (SSSR count). The van der Waals surface area contributed by atoms with Crippen molar-refractivity contribution in [3.63, 3.8) is 0 Å². The number of primary amides is 2. The van der Waals surface area contributed by atoms with Gasteiger partial charge in [0.15, 0.2) is 5.96 Å². The Balaban J connectivity index is 1.30. The number of aliphatic hydroxyl groups excluding tert-OH is 2. The number of fused-ring (bicyclic) bond motifs is 1. The van der Waals surface area contributed by atoms with Gasteiger partial charge in [0.2, 0.25) is 65.0 Å². The fourth-order valence-electron chi connectivity index (χ4n) is 10.0. The maximum absolute atomic E-state index is 14.3. The zero-order valence-electron chi connectivity index (χ0n) is 50.5. The lowest BCUT2D eigenvalue weighted by Gasteiger charge is -2.30. The molecule has 11 amide bonds. The van der Waals surface area contributed by atoms with Gasteiger partial charge in [0.05, 0.1) is 18.6 Å². The number of rotatable bonds is 32. The number of aliphatic hydroxyl groups is 2. The van der Waals surface area contributed by atoms with Crippen LogP contribution in [-0.2, 0) is 72.0 Å². The van der Waals surface area contributed by atoms with Gasteiger partial charge < -0.3 is 90.3 Å². The normalized spacial score (nSPS) is 17.0. The number of hydrogen-bond donors (Lipinski definition) is 16. The molecule has 0 aliphatic carbocycles. The number of nitrogens with two attached hydrogens (primary N) is 3. The minimum atomic E-state index is -1.88. The second-order valence-electron chi connectivity index (χ2n) is 22.4. The van der Waals surface area contributed by atoms with Crippen molar-refractivity contribution in [1.82, 2.24) is 57.7 Å². The fourth-order valence-corrected chi connectivity index (χ4v) is 10.0. The van der Waals surface area contributed by atoms with Crippen molar-refractivity contribution in [1.29, 1.82) is 0 Å². The van der Waals surface area contributed by atoms with E-state index in [2.05, 4.69) is 57.8 Å². The number of carbonyl (C=O) groups excluding carboxylic acids is 11. The highest BCUT2D eigenvalue weighted by Gasteiger charge is 2.43. The third-order valence-corrected chi connectivity index (χ3v) is 14.6. The standard InChI is InChI=1S/C60H83N15O14/c1-31(2)23-44(55(85)69-42(17-12-22-65-60(63)64-6)53(83)70-43(51(62)81)26-37-29-66-41-16-11-10-15-40(37)41)71-52(82)32(3)67-54(84)45(24-35-13-8-7-9-14-35)73-58(88)50(33(4)76)74-56(86)46(28-49(61)80)72-57(87)48-27-39(79)30-75(48)59(89)47(68-34(5)77)25-36-18-20-38(78)21-19-36/h7-11,13-16,18-21,29,31-33,39,42-48,50,66,76,78-79H,12,17,22-28,30H2,1-6H3,(H2,61,80)(H2,62,81)(H,67,84)(H,68,77)(H,69,85)(H,70,83)(H,71,82)(H,72,87)(H,73,88)(H,74,86)(H3,63,64,65)/t32-,33+,39+,42-,43-,44-,45-,46-,47+,48-,50-/m0/s1. The van der Waals surface area contributed by atoms with E-state index < -0.39 is 138 Å². The highest BCUT2D eigenvalue weighted by Crippen LogP contribution is 2.23. The van der Waals surface area contributed by atoms with Gasteiger partial charge in [-0.05, 0) is 73.9 Å². The Labute approximate surface area is 514 Å². The molecule has 0 spiro atoms. The summed E-state index contributed by atoms with van der Waals surface area (Å²) in [5, 5.41) is 55.5. The zero-order valence-corrected chi connectivity index (χ0v) is 50.5. The molecule has 0 unspecified atom stereocenters. The molecule has 1 saturated heterocycles. The topological polar surface area (TPSA) is 466 Å². The van der Waals surface area contributed by atoms with E-state index in [0.717, 1.165) is 22.7 Å². The Morgan fingerprint density at radius 3 is 1.87 bits per heavy atom. The van der Waals surface area contributed by atoms with Gasteiger partial charge in [-0.2, -0.15) is 0 Å². The molecule has 1 aliphatic heterocycles. The molecule has 482 valence electrons. The van der Waals surface area contributed by atoms with Crippen molar-refractivity contribution in [3.8, 4) is 5.75 Å². The lowest BCUT2D eigenvalue weighted by Crippen LogP contribution is -2.62. The third-order valence-electron chi connectivity index (χ3n) is 14.6. The molecule has 0 saturated carbocycles. The summed E-state index contributed by atoms with van der Waals surface area (Å²) in [4.78, 5) is 158. The third kappa shape index (κ3) is 21.6. The van der Waals surface area contributed by atoms with Crippen molar-refractivity contribution >= 4 is 81.8 Å². The highest BCUT2D eigenvalue weighted by molar-refractivity contribution is 6.00. The van der Waals surface area contributed by atoms with Crippen LogP contribution in [0.25, 0.3) is 10.9 Å².